The normalized spacial score (nSPS) is 16.6. The van der Waals surface area contributed by atoms with E-state index in [2.05, 4.69) is 4.18 Å². The van der Waals surface area contributed by atoms with E-state index in [1.165, 1.54) is 6.42 Å². The summed E-state index contributed by atoms with van der Waals surface area (Å²) >= 11 is 0. The zero-order valence-electron chi connectivity index (χ0n) is 8.55. The minimum absolute atomic E-state index is 0. The predicted molar refractivity (Wildman–Crippen MR) is 61.3 cm³/mol. The van der Waals surface area contributed by atoms with Crippen molar-refractivity contribution in [1.29, 1.82) is 0 Å². The third kappa shape index (κ3) is 10.6. The molecule has 0 spiro atoms. The second kappa shape index (κ2) is 9.17. The van der Waals surface area contributed by atoms with E-state index >= 15 is 0 Å². The van der Waals surface area contributed by atoms with Gasteiger partial charge in [-0.15, -0.1) is 0 Å². The molecule has 1 fully saturated rings. The Morgan fingerprint density at radius 2 is 1.62 bits per heavy atom. The van der Waals surface area contributed by atoms with Crippen molar-refractivity contribution in [2.24, 2.45) is 5.92 Å². The van der Waals surface area contributed by atoms with Gasteiger partial charge < -0.3 is 5.11 Å². The smallest absolute Gasteiger partial charge is 0.397 e. The minimum atomic E-state index is -4.16. The lowest BCUT2D eigenvalue weighted by molar-refractivity contribution is -0.142. The molecule has 0 unspecified atom stereocenters. The number of aliphatic carboxylic acids is 1. The maximum absolute atomic E-state index is 10.4. The zero-order valence-corrected chi connectivity index (χ0v) is 9.37. The van der Waals surface area contributed by atoms with Crippen LogP contribution in [0, 0.1) is 5.92 Å². The molecule has 0 aromatic rings. The fourth-order valence-electron chi connectivity index (χ4n) is 1.35. The summed E-state index contributed by atoms with van der Waals surface area (Å²) < 4.78 is 29.7. The van der Waals surface area contributed by atoms with E-state index in [0.29, 0.717) is 0 Å². The zero-order chi connectivity index (χ0) is 11.9. The molecule has 0 radical (unpaired) electrons. The summed E-state index contributed by atoms with van der Waals surface area (Å²) in [6, 6.07) is 0. The van der Waals surface area contributed by atoms with Crippen LogP contribution in [-0.4, -0.2) is 54.2 Å². The van der Waals surface area contributed by atoms with Crippen LogP contribution in [0.15, 0.2) is 0 Å². The van der Waals surface area contributed by atoms with E-state index in [-0.39, 0.29) is 29.0 Å². The van der Waals surface area contributed by atoms with Crippen molar-refractivity contribution in [3.63, 3.8) is 0 Å². The van der Waals surface area contributed by atoms with Gasteiger partial charge >= 0.3 is 39.4 Å². The number of carbonyl (C=O) groups is 1. The molecule has 0 saturated heterocycles. The summed E-state index contributed by atoms with van der Waals surface area (Å²) in [5.41, 5.74) is 0. The SMILES string of the molecule is COS(=O)(=O)O.O=C(O)C1CCCCC1.[MgH2]. The van der Waals surface area contributed by atoms with E-state index in [4.69, 9.17) is 9.66 Å². The van der Waals surface area contributed by atoms with Crippen LogP contribution < -0.4 is 0 Å². The van der Waals surface area contributed by atoms with Gasteiger partial charge in [0.1, 0.15) is 0 Å². The quantitative estimate of drug-likeness (QED) is 0.546. The summed E-state index contributed by atoms with van der Waals surface area (Å²) in [6.45, 7) is 0. The third-order valence-corrected chi connectivity index (χ3v) is 2.59. The first-order chi connectivity index (χ1) is 6.87. The van der Waals surface area contributed by atoms with Gasteiger partial charge in [0.05, 0.1) is 13.0 Å². The molecule has 8 heteroatoms. The molecule has 1 rings (SSSR count). The van der Waals surface area contributed by atoms with Gasteiger partial charge in [-0.2, -0.15) is 8.42 Å². The van der Waals surface area contributed by atoms with Crippen LogP contribution in [0.4, 0.5) is 0 Å². The lowest BCUT2D eigenvalue weighted by Gasteiger charge is -2.16. The molecule has 1 aliphatic rings. The maximum atomic E-state index is 10.4. The van der Waals surface area contributed by atoms with Crippen molar-refractivity contribution in [2.75, 3.05) is 7.11 Å². The van der Waals surface area contributed by atoms with E-state index in [0.717, 1.165) is 32.8 Å². The van der Waals surface area contributed by atoms with Gasteiger partial charge in [0.2, 0.25) is 0 Å². The molecule has 0 heterocycles. The molecule has 1 aliphatic carbocycles. The Kier molecular flexibility index (Phi) is 10.6. The summed E-state index contributed by atoms with van der Waals surface area (Å²) in [6.07, 6.45) is 5.24. The summed E-state index contributed by atoms with van der Waals surface area (Å²) in [5, 5.41) is 8.54. The van der Waals surface area contributed by atoms with Gasteiger partial charge in [-0.05, 0) is 12.8 Å². The first kappa shape index (κ1) is 18.5. The average Bonchev–Trinajstić information content (AvgIpc) is 2.19. The summed E-state index contributed by atoms with van der Waals surface area (Å²) in [5.74, 6) is -0.631. The maximum Gasteiger partial charge on any atom is 0.397 e. The van der Waals surface area contributed by atoms with E-state index in [1.54, 1.807) is 0 Å². The first-order valence-electron chi connectivity index (χ1n) is 4.62. The Morgan fingerprint density at radius 3 is 1.81 bits per heavy atom. The van der Waals surface area contributed by atoms with E-state index in [1.807, 2.05) is 0 Å². The van der Waals surface area contributed by atoms with Crippen molar-refractivity contribution in [3.05, 3.63) is 0 Å². The fourth-order valence-corrected chi connectivity index (χ4v) is 1.35. The van der Waals surface area contributed by atoms with Crippen LogP contribution in [0.5, 0.6) is 0 Å². The first-order valence-corrected chi connectivity index (χ1v) is 5.99. The number of rotatable bonds is 2. The van der Waals surface area contributed by atoms with Crippen LogP contribution >= 0.6 is 0 Å². The van der Waals surface area contributed by atoms with Crippen LogP contribution in [0.2, 0.25) is 0 Å². The topological polar surface area (TPSA) is 101 Å². The van der Waals surface area contributed by atoms with Crippen LogP contribution in [-0.2, 0) is 19.4 Å². The lowest BCUT2D eigenvalue weighted by atomic mass is 9.90. The highest BCUT2D eigenvalue weighted by Gasteiger charge is 2.19. The fraction of sp³-hybridized carbons (Fsp3) is 0.875. The van der Waals surface area contributed by atoms with Gasteiger partial charge in [-0.25, -0.2) is 0 Å². The van der Waals surface area contributed by atoms with Crippen LogP contribution in [0.3, 0.4) is 0 Å². The molecule has 94 valence electrons. The molecule has 6 nitrogen and oxygen atoms in total. The standard InChI is InChI=1S/C7H12O2.CH4O4S.Mg.2H/c8-7(9)6-4-2-1-3-5-6;1-5-6(2,3)4;;;/h6H,1-5H2,(H,8,9);1H3,(H,2,3,4);;;. The van der Waals surface area contributed by atoms with Gasteiger partial charge in [0, 0.05) is 0 Å². The van der Waals surface area contributed by atoms with Crippen molar-refractivity contribution in [3.8, 4) is 0 Å². The molecule has 2 N–H and O–H groups in total. The minimum Gasteiger partial charge on any atom is -0.481 e. The highest BCUT2D eigenvalue weighted by molar-refractivity contribution is 7.80. The lowest BCUT2D eigenvalue weighted by Crippen LogP contribution is -2.16. The van der Waals surface area contributed by atoms with Crippen molar-refractivity contribution in [1.82, 2.24) is 0 Å². The van der Waals surface area contributed by atoms with Crippen LogP contribution in [0.1, 0.15) is 32.1 Å². The second-order valence-electron chi connectivity index (χ2n) is 3.27. The Labute approximate surface area is 111 Å². The predicted octanol–water partition coefficient (Wildman–Crippen LogP) is 0.171. The molecule has 0 aliphatic heterocycles. The van der Waals surface area contributed by atoms with E-state index in [9.17, 15) is 13.2 Å². The second-order valence-corrected chi connectivity index (χ2v) is 4.46. The number of carboxylic acids is 1. The summed E-state index contributed by atoms with van der Waals surface area (Å²) in [7, 11) is -3.29. The molecular formula is C8H18MgO6S. The van der Waals surface area contributed by atoms with Crippen LogP contribution in [0.25, 0.3) is 0 Å². The Balaban J connectivity index is 0. The number of hydrogen-bond donors (Lipinski definition) is 2. The molecule has 0 bridgehead atoms. The summed E-state index contributed by atoms with van der Waals surface area (Å²) in [4.78, 5) is 10.4. The van der Waals surface area contributed by atoms with Gasteiger partial charge in [0.25, 0.3) is 0 Å². The highest BCUT2D eigenvalue weighted by atomic mass is 32.3. The van der Waals surface area contributed by atoms with Crippen molar-refractivity contribution >= 4 is 39.4 Å². The molecule has 16 heavy (non-hydrogen) atoms. The third-order valence-electron chi connectivity index (χ3n) is 2.17. The molecule has 0 atom stereocenters. The molecule has 1 saturated carbocycles. The molecule has 0 aromatic heterocycles. The molecule has 0 aromatic carbocycles. The average molecular weight is 267 g/mol. The largest absolute Gasteiger partial charge is 0.481 e. The highest BCUT2D eigenvalue weighted by Crippen LogP contribution is 2.23. The Morgan fingerprint density at radius 1 is 1.25 bits per heavy atom. The van der Waals surface area contributed by atoms with Gasteiger partial charge in [-0.1, -0.05) is 19.3 Å². The Hall–Kier alpha value is 0.106. The van der Waals surface area contributed by atoms with Gasteiger partial charge in [-0.3, -0.25) is 13.5 Å². The Bertz CT molecular complexity index is 283. The van der Waals surface area contributed by atoms with E-state index < -0.39 is 16.4 Å². The molecular weight excluding hydrogens is 248 g/mol. The number of carboxylic acid groups (broad SMARTS) is 1. The van der Waals surface area contributed by atoms with Crippen molar-refractivity contribution < 1.29 is 27.1 Å². The number of hydrogen-bond acceptors (Lipinski definition) is 4. The van der Waals surface area contributed by atoms with Crippen molar-refractivity contribution in [2.45, 2.75) is 32.1 Å². The monoisotopic (exact) mass is 266 g/mol. The molecule has 0 amide bonds. The van der Waals surface area contributed by atoms with Gasteiger partial charge in [0.15, 0.2) is 0 Å².